The Hall–Kier alpha value is -7.82. The third-order valence-corrected chi connectivity index (χ3v) is 9.78. The smallest absolute Gasteiger partial charge is 0.508 e. The molecule has 2 heterocycles. The van der Waals surface area contributed by atoms with E-state index in [4.69, 9.17) is 28.4 Å². The summed E-state index contributed by atoms with van der Waals surface area (Å²) in [6.07, 6.45) is -5.68. The number of carbonyl (C=O) groups excluding carboxylic acids is 2. The van der Waals surface area contributed by atoms with Gasteiger partial charge >= 0.3 is 12.3 Å². The highest BCUT2D eigenvalue weighted by Crippen LogP contribution is 2.44. The fraction of sp³-hybridized carbons (Fsp3) is 0.174. The summed E-state index contributed by atoms with van der Waals surface area (Å²) in [5.41, 5.74) is 3.09. The lowest BCUT2D eigenvalue weighted by molar-refractivity contribution is 0.0196. The van der Waals surface area contributed by atoms with Crippen LogP contribution in [-0.2, 0) is 35.5 Å². The minimum Gasteiger partial charge on any atom is -0.508 e. The van der Waals surface area contributed by atoms with Crippen LogP contribution in [0, 0.1) is 0 Å². The molecule has 6 aromatic rings. The molecule has 6 aromatic carbocycles. The first-order valence-corrected chi connectivity index (χ1v) is 19.0. The van der Waals surface area contributed by atoms with Gasteiger partial charge in [0.25, 0.3) is 0 Å². The van der Waals surface area contributed by atoms with Crippen LogP contribution in [0.3, 0.4) is 0 Å². The molecular weight excluding hydrogens is 808 g/mol. The predicted octanol–water partition coefficient (Wildman–Crippen LogP) is 7.11. The Kier molecular flexibility index (Phi) is 12.7. The van der Waals surface area contributed by atoms with Gasteiger partial charge in [0.1, 0.15) is 59.9 Å². The molecule has 62 heavy (non-hydrogen) atoms. The molecule has 16 nitrogen and oxygen atoms in total. The van der Waals surface area contributed by atoms with Gasteiger partial charge < -0.3 is 69.3 Å². The summed E-state index contributed by atoms with van der Waals surface area (Å²) in [5.74, 6) is -1.14. The summed E-state index contributed by atoms with van der Waals surface area (Å²) in [7, 11) is 0. The van der Waals surface area contributed by atoms with E-state index in [0.717, 1.165) is 17.2 Å². The molecule has 2 aliphatic rings. The van der Waals surface area contributed by atoms with Gasteiger partial charge in [0.15, 0.2) is 23.0 Å². The van der Waals surface area contributed by atoms with Crippen LogP contribution >= 0.6 is 0 Å². The molecule has 0 aromatic heterocycles. The second-order valence-corrected chi connectivity index (χ2v) is 14.2. The van der Waals surface area contributed by atoms with Crippen molar-refractivity contribution in [3.05, 3.63) is 155 Å². The van der Waals surface area contributed by atoms with Gasteiger partial charge in [-0.3, -0.25) is 0 Å². The van der Waals surface area contributed by atoms with Crippen LogP contribution < -0.4 is 18.9 Å². The van der Waals surface area contributed by atoms with Crippen LogP contribution in [0.5, 0.6) is 57.5 Å². The zero-order chi connectivity index (χ0) is 43.9. The van der Waals surface area contributed by atoms with E-state index >= 15 is 0 Å². The standard InChI is InChI=1S/C31H26O10.C15H14O6/c32-22-14-24(33)23-16-25(34)29(39-27(23)15-22)21-11-12-26(40-30(35)37-17-19-7-3-1-4-8-19)28(13-21)41-31(36)38-18-20-9-5-2-6-10-20;16-8-4-11(18)9-6-13(20)15(21-14(9)5-8)7-1-2-10(17)12(19)3-7/h1-15,25,29,32-34H,16-18H2;1-5,13,15-20H,6H2/t25-,29-;13-,15?/m11/s1. The normalized spacial score (nSPS) is 17.3. The summed E-state index contributed by atoms with van der Waals surface area (Å²) in [6, 6.07) is 31.4. The molecule has 0 saturated carbocycles. The lowest BCUT2D eigenvalue weighted by Crippen LogP contribution is -2.30. The molecule has 0 aliphatic carbocycles. The first kappa shape index (κ1) is 42.3. The lowest BCUT2D eigenvalue weighted by Gasteiger charge is -2.31. The van der Waals surface area contributed by atoms with Gasteiger partial charge in [0.05, 0.1) is 12.2 Å². The average molecular weight is 849 g/mol. The second-order valence-electron chi connectivity index (χ2n) is 14.2. The number of phenols is 6. The molecule has 0 fully saturated rings. The van der Waals surface area contributed by atoms with E-state index in [2.05, 4.69) is 0 Å². The monoisotopic (exact) mass is 848 g/mol. The Balaban J connectivity index is 0.000000230. The first-order chi connectivity index (χ1) is 29.8. The Labute approximate surface area is 353 Å². The van der Waals surface area contributed by atoms with Crippen LogP contribution in [0.4, 0.5) is 9.59 Å². The summed E-state index contributed by atoms with van der Waals surface area (Å²) in [6.45, 7) is -0.0861. The molecule has 0 bridgehead atoms. The van der Waals surface area contributed by atoms with Gasteiger partial charge in [-0.05, 0) is 46.5 Å². The number of rotatable bonds is 8. The highest BCUT2D eigenvalue weighted by Gasteiger charge is 2.34. The van der Waals surface area contributed by atoms with Gasteiger partial charge in [-0.25, -0.2) is 9.59 Å². The topological polar surface area (TPSA) is 251 Å². The number of benzene rings is 6. The summed E-state index contributed by atoms with van der Waals surface area (Å²) in [5, 5.41) is 79.1. The fourth-order valence-electron chi connectivity index (χ4n) is 6.75. The number of hydrogen-bond donors (Lipinski definition) is 8. The van der Waals surface area contributed by atoms with Crippen LogP contribution in [-0.4, -0.2) is 65.4 Å². The third kappa shape index (κ3) is 10.1. The van der Waals surface area contributed by atoms with Crippen molar-refractivity contribution in [1.82, 2.24) is 0 Å². The maximum absolute atomic E-state index is 12.6. The van der Waals surface area contributed by atoms with Crippen LogP contribution in [0.2, 0.25) is 0 Å². The van der Waals surface area contributed by atoms with E-state index in [1.54, 1.807) is 48.5 Å². The highest BCUT2D eigenvalue weighted by molar-refractivity contribution is 5.69. The zero-order valence-corrected chi connectivity index (χ0v) is 32.5. The van der Waals surface area contributed by atoms with E-state index in [0.29, 0.717) is 22.3 Å². The summed E-state index contributed by atoms with van der Waals surface area (Å²) >= 11 is 0. The predicted molar refractivity (Wildman–Crippen MR) is 216 cm³/mol. The number of carbonyl (C=O) groups is 2. The largest absolute Gasteiger partial charge is 0.514 e. The molecule has 2 aliphatic heterocycles. The average Bonchev–Trinajstić information content (AvgIpc) is 3.25. The van der Waals surface area contributed by atoms with Gasteiger partial charge in [-0.2, -0.15) is 0 Å². The Morgan fingerprint density at radius 1 is 0.500 bits per heavy atom. The number of ether oxygens (including phenoxy) is 6. The van der Waals surface area contributed by atoms with E-state index in [1.165, 1.54) is 54.6 Å². The minimum absolute atomic E-state index is 0.0332. The molecular formula is C46H40O16. The summed E-state index contributed by atoms with van der Waals surface area (Å²) < 4.78 is 32.6. The van der Waals surface area contributed by atoms with Gasteiger partial charge in [-0.15, -0.1) is 0 Å². The number of fused-ring (bicyclic) bond motifs is 2. The fourth-order valence-corrected chi connectivity index (χ4v) is 6.75. The highest BCUT2D eigenvalue weighted by atomic mass is 16.7. The number of aromatic hydroxyl groups is 6. The van der Waals surface area contributed by atoms with Crippen LogP contribution in [0.1, 0.15) is 45.6 Å². The van der Waals surface area contributed by atoms with E-state index in [-0.39, 0.29) is 83.6 Å². The Bertz CT molecular complexity index is 2550. The lowest BCUT2D eigenvalue weighted by atomic mass is 9.94. The maximum Gasteiger partial charge on any atom is 0.514 e. The number of phenolic OH excluding ortho intramolecular Hbond substituents is 6. The quantitative estimate of drug-likeness (QED) is 0.0431. The van der Waals surface area contributed by atoms with Crippen molar-refractivity contribution in [2.75, 3.05) is 0 Å². The Morgan fingerprint density at radius 3 is 1.44 bits per heavy atom. The molecule has 8 N–H and O–H groups in total. The van der Waals surface area contributed by atoms with Gasteiger partial charge in [0, 0.05) is 48.2 Å². The van der Waals surface area contributed by atoms with Crippen molar-refractivity contribution < 1.29 is 78.9 Å². The second kappa shape index (κ2) is 18.6. The summed E-state index contributed by atoms with van der Waals surface area (Å²) in [4.78, 5) is 25.0. The molecule has 0 radical (unpaired) electrons. The van der Waals surface area contributed by atoms with E-state index in [1.807, 2.05) is 12.1 Å². The van der Waals surface area contributed by atoms with Gasteiger partial charge in [-0.1, -0.05) is 72.8 Å². The first-order valence-electron chi connectivity index (χ1n) is 19.0. The van der Waals surface area contributed by atoms with E-state index in [9.17, 15) is 50.4 Å². The van der Waals surface area contributed by atoms with Crippen molar-refractivity contribution >= 4 is 12.3 Å². The van der Waals surface area contributed by atoms with E-state index < -0.39 is 36.7 Å². The maximum atomic E-state index is 12.6. The molecule has 16 heteroatoms. The van der Waals surface area contributed by atoms with Crippen LogP contribution in [0.25, 0.3) is 0 Å². The van der Waals surface area contributed by atoms with Crippen molar-refractivity contribution in [2.45, 2.75) is 50.5 Å². The molecule has 0 amide bonds. The SMILES string of the molecule is O=C(OCc1ccccc1)Oc1ccc([C@H]2Oc3cc(O)cc(O)c3C[C@H]2O)cc1OC(=O)OCc1ccccc1.Oc1cc(O)c2c(c1)OC(c1ccc(O)c(O)c1)[C@H](O)C2. The number of aliphatic hydroxyl groups excluding tert-OH is 2. The van der Waals surface area contributed by atoms with Crippen molar-refractivity contribution in [3.8, 4) is 57.5 Å². The molecule has 0 saturated heterocycles. The molecule has 8 rings (SSSR count). The molecule has 4 atom stereocenters. The third-order valence-electron chi connectivity index (χ3n) is 9.78. The number of aliphatic hydroxyl groups is 2. The van der Waals surface area contributed by atoms with Crippen molar-refractivity contribution in [3.63, 3.8) is 0 Å². The molecule has 1 unspecified atom stereocenters. The van der Waals surface area contributed by atoms with Crippen LogP contribution in [0.15, 0.2) is 121 Å². The van der Waals surface area contributed by atoms with Crippen molar-refractivity contribution in [2.24, 2.45) is 0 Å². The van der Waals surface area contributed by atoms with Gasteiger partial charge in [0.2, 0.25) is 0 Å². The minimum atomic E-state index is -1.10. The molecule has 320 valence electrons. The Morgan fingerprint density at radius 2 is 0.952 bits per heavy atom. The molecule has 0 spiro atoms. The zero-order valence-electron chi connectivity index (χ0n) is 32.5. The number of hydrogen-bond acceptors (Lipinski definition) is 16. The van der Waals surface area contributed by atoms with Crippen molar-refractivity contribution in [1.29, 1.82) is 0 Å².